The minimum atomic E-state index is -0.159. The van der Waals surface area contributed by atoms with E-state index in [1.807, 2.05) is 18.2 Å². The molecular weight excluding hydrogens is 344 g/mol. The lowest BCUT2D eigenvalue weighted by Crippen LogP contribution is -2.36. The lowest BCUT2D eigenvalue weighted by Gasteiger charge is -2.36. The van der Waals surface area contributed by atoms with Crippen LogP contribution in [-0.2, 0) is 12.8 Å². The van der Waals surface area contributed by atoms with Gasteiger partial charge in [-0.3, -0.25) is 0 Å². The zero-order valence-electron chi connectivity index (χ0n) is 19.0. The third kappa shape index (κ3) is 7.53. The first kappa shape index (κ1) is 24.6. The maximum absolute atomic E-state index is 10.8. The Kier molecular flexibility index (Phi) is 12.0. The lowest BCUT2D eigenvalue weighted by atomic mass is 9.85. The number of unbranched alkanes of at least 4 members (excludes halogenated alkanes) is 4. The second kappa shape index (κ2) is 13.7. The second-order valence-corrected chi connectivity index (χ2v) is 8.24. The van der Waals surface area contributed by atoms with Gasteiger partial charge in [0.25, 0.3) is 0 Å². The molecule has 2 heteroatoms. The summed E-state index contributed by atoms with van der Waals surface area (Å²) in [7, 11) is 0. The van der Waals surface area contributed by atoms with Gasteiger partial charge >= 0.3 is 0 Å². The number of phenols is 1. The monoisotopic (exact) mass is 388 g/mol. The molecular formula is C26H44O2. The first-order valence-corrected chi connectivity index (χ1v) is 11.7. The van der Waals surface area contributed by atoms with E-state index in [2.05, 4.69) is 34.3 Å². The molecule has 0 fully saturated rings. The van der Waals surface area contributed by atoms with Crippen molar-refractivity contribution in [2.45, 2.75) is 117 Å². The predicted molar refractivity (Wildman–Crippen MR) is 123 cm³/mol. The van der Waals surface area contributed by atoms with Crippen LogP contribution in [0.25, 0.3) is 0 Å². The van der Waals surface area contributed by atoms with Crippen molar-refractivity contribution >= 4 is 0 Å². The molecule has 1 aromatic rings. The van der Waals surface area contributed by atoms with E-state index < -0.39 is 0 Å². The molecule has 1 N–H and O–H groups in total. The van der Waals surface area contributed by atoms with E-state index in [-0.39, 0.29) is 5.60 Å². The van der Waals surface area contributed by atoms with Gasteiger partial charge in [0.15, 0.2) is 11.5 Å². The van der Waals surface area contributed by atoms with Crippen LogP contribution in [0.3, 0.4) is 0 Å². The van der Waals surface area contributed by atoms with Crippen molar-refractivity contribution in [3.63, 3.8) is 0 Å². The molecule has 0 unspecified atom stereocenters. The van der Waals surface area contributed by atoms with E-state index in [1.54, 1.807) is 0 Å². The zero-order valence-corrected chi connectivity index (χ0v) is 19.0. The van der Waals surface area contributed by atoms with Crippen LogP contribution in [-0.4, -0.2) is 10.7 Å². The van der Waals surface area contributed by atoms with Crippen LogP contribution in [0.1, 0.15) is 109 Å². The van der Waals surface area contributed by atoms with E-state index in [1.165, 1.54) is 49.7 Å². The number of hydrogen-bond donors (Lipinski definition) is 1. The Morgan fingerprint density at radius 3 is 1.89 bits per heavy atom. The Bertz CT molecular complexity index is 540. The molecule has 0 saturated carbocycles. The molecule has 0 radical (unpaired) electrons. The summed E-state index contributed by atoms with van der Waals surface area (Å²) in [6.45, 7) is 12.9. The highest BCUT2D eigenvalue weighted by Crippen LogP contribution is 2.41. The standard InChI is InChI=1S/C26H44O2/c1-6-11-16-23-22(15-10-5)17-18-24(27)25(23)28-26(19-12-7-2,20-13-8-3)21-14-9-4/h10,17-18,27H,5-9,11-16,19-21H2,1-4H3. The molecule has 1 aromatic carbocycles. The molecule has 0 heterocycles. The average molecular weight is 389 g/mol. The van der Waals surface area contributed by atoms with Crippen molar-refractivity contribution in [3.05, 3.63) is 35.9 Å². The van der Waals surface area contributed by atoms with Gasteiger partial charge in [-0.05, 0) is 69.4 Å². The number of aromatic hydroxyl groups is 1. The summed E-state index contributed by atoms with van der Waals surface area (Å²) in [6, 6.07) is 3.86. The molecule has 1 rings (SSSR count). The molecule has 0 aliphatic rings. The number of phenolic OH excluding ortho intramolecular Hbond substituents is 1. The minimum absolute atomic E-state index is 0.159. The van der Waals surface area contributed by atoms with E-state index in [0.717, 1.165) is 50.7 Å². The summed E-state index contributed by atoms with van der Waals surface area (Å²) in [5.41, 5.74) is 2.27. The smallest absolute Gasteiger partial charge is 0.165 e. The van der Waals surface area contributed by atoms with Crippen LogP contribution in [0.2, 0.25) is 0 Å². The Balaban J connectivity index is 3.35. The van der Waals surface area contributed by atoms with Crippen molar-refractivity contribution in [1.82, 2.24) is 0 Å². The topological polar surface area (TPSA) is 29.5 Å². The number of hydrogen-bond acceptors (Lipinski definition) is 2. The quantitative estimate of drug-likeness (QED) is 0.289. The van der Waals surface area contributed by atoms with Gasteiger partial charge in [-0.2, -0.15) is 0 Å². The molecule has 0 aliphatic carbocycles. The molecule has 0 amide bonds. The zero-order chi connectivity index (χ0) is 20.8. The number of allylic oxidation sites excluding steroid dienone is 1. The predicted octanol–water partition coefficient (Wildman–Crippen LogP) is 8.15. The van der Waals surface area contributed by atoms with Crippen molar-refractivity contribution in [3.8, 4) is 11.5 Å². The average Bonchev–Trinajstić information content (AvgIpc) is 2.70. The summed E-state index contributed by atoms with van der Waals surface area (Å²) in [6.07, 6.45) is 16.2. The fourth-order valence-corrected chi connectivity index (χ4v) is 3.99. The van der Waals surface area contributed by atoms with E-state index in [9.17, 15) is 5.11 Å². The summed E-state index contributed by atoms with van der Waals surface area (Å²) in [5.74, 6) is 1.05. The Labute approximate surface area is 174 Å². The number of benzene rings is 1. The van der Waals surface area contributed by atoms with Crippen molar-refractivity contribution in [1.29, 1.82) is 0 Å². The van der Waals surface area contributed by atoms with Crippen molar-refractivity contribution < 1.29 is 9.84 Å². The summed E-state index contributed by atoms with van der Waals surface area (Å²) in [5, 5.41) is 10.8. The third-order valence-corrected chi connectivity index (χ3v) is 5.76. The molecule has 0 aromatic heterocycles. The van der Waals surface area contributed by atoms with E-state index >= 15 is 0 Å². The highest BCUT2D eigenvalue weighted by atomic mass is 16.5. The molecule has 160 valence electrons. The van der Waals surface area contributed by atoms with Gasteiger partial charge in [-0.1, -0.05) is 65.5 Å². The fraction of sp³-hybridized carbons (Fsp3) is 0.692. The highest BCUT2D eigenvalue weighted by molar-refractivity contribution is 5.51. The summed E-state index contributed by atoms with van der Waals surface area (Å²) >= 11 is 0. The SMILES string of the molecule is C=CCc1ccc(O)c(OC(CCCC)(CCCC)CCCC)c1CCCC. The highest BCUT2D eigenvalue weighted by Gasteiger charge is 2.32. The molecule has 28 heavy (non-hydrogen) atoms. The Morgan fingerprint density at radius 1 is 0.893 bits per heavy atom. The molecule has 0 saturated heterocycles. The summed E-state index contributed by atoms with van der Waals surface area (Å²) < 4.78 is 6.87. The fourth-order valence-electron chi connectivity index (χ4n) is 3.99. The molecule has 0 bridgehead atoms. The lowest BCUT2D eigenvalue weighted by molar-refractivity contribution is 0.0311. The number of ether oxygens (including phenoxy) is 1. The minimum Gasteiger partial charge on any atom is -0.504 e. The van der Waals surface area contributed by atoms with Gasteiger partial charge in [0.1, 0.15) is 5.60 Å². The number of rotatable bonds is 16. The van der Waals surface area contributed by atoms with Crippen LogP contribution >= 0.6 is 0 Å². The van der Waals surface area contributed by atoms with Gasteiger partial charge in [0, 0.05) is 5.56 Å². The molecule has 0 spiro atoms. The van der Waals surface area contributed by atoms with E-state index in [0.29, 0.717) is 5.75 Å². The largest absolute Gasteiger partial charge is 0.504 e. The van der Waals surface area contributed by atoms with Crippen LogP contribution in [0, 0.1) is 0 Å². The normalized spacial score (nSPS) is 11.6. The van der Waals surface area contributed by atoms with Gasteiger partial charge in [0.2, 0.25) is 0 Å². The first-order valence-electron chi connectivity index (χ1n) is 11.7. The molecule has 0 atom stereocenters. The molecule has 2 nitrogen and oxygen atoms in total. The van der Waals surface area contributed by atoms with Crippen molar-refractivity contribution in [2.24, 2.45) is 0 Å². The van der Waals surface area contributed by atoms with Gasteiger partial charge < -0.3 is 9.84 Å². The second-order valence-electron chi connectivity index (χ2n) is 8.24. The van der Waals surface area contributed by atoms with Crippen molar-refractivity contribution in [2.75, 3.05) is 0 Å². The maximum Gasteiger partial charge on any atom is 0.165 e. The van der Waals surface area contributed by atoms with Crippen LogP contribution < -0.4 is 4.74 Å². The Hall–Kier alpha value is -1.44. The van der Waals surface area contributed by atoms with E-state index in [4.69, 9.17) is 4.74 Å². The van der Waals surface area contributed by atoms with Crippen LogP contribution in [0.4, 0.5) is 0 Å². The van der Waals surface area contributed by atoms with Gasteiger partial charge in [0.05, 0.1) is 0 Å². The molecule has 0 aliphatic heterocycles. The Morgan fingerprint density at radius 2 is 1.43 bits per heavy atom. The van der Waals surface area contributed by atoms with Crippen LogP contribution in [0.5, 0.6) is 11.5 Å². The van der Waals surface area contributed by atoms with Gasteiger partial charge in [-0.15, -0.1) is 6.58 Å². The first-order chi connectivity index (χ1) is 13.6. The summed E-state index contributed by atoms with van der Waals surface area (Å²) in [4.78, 5) is 0. The van der Waals surface area contributed by atoms with Crippen LogP contribution in [0.15, 0.2) is 24.8 Å². The third-order valence-electron chi connectivity index (χ3n) is 5.76. The maximum atomic E-state index is 10.8. The van der Waals surface area contributed by atoms with Gasteiger partial charge in [-0.25, -0.2) is 0 Å².